The summed E-state index contributed by atoms with van der Waals surface area (Å²) in [6.45, 7) is -0.292. The van der Waals surface area contributed by atoms with Crippen molar-refractivity contribution in [2.75, 3.05) is 11.9 Å². The predicted molar refractivity (Wildman–Crippen MR) is 115 cm³/mol. The van der Waals surface area contributed by atoms with E-state index in [-0.39, 0.29) is 47.8 Å². The molecule has 4 unspecified atom stereocenters. The van der Waals surface area contributed by atoms with Gasteiger partial charge in [0.25, 0.3) is 0 Å². The van der Waals surface area contributed by atoms with Crippen LogP contribution in [0, 0.1) is 29.5 Å². The number of imide groups is 1. The highest BCUT2D eigenvalue weighted by Gasteiger charge is 2.59. The Morgan fingerprint density at radius 1 is 1.09 bits per heavy atom. The molecule has 2 heterocycles. The summed E-state index contributed by atoms with van der Waals surface area (Å²) in [5.41, 5.74) is 2.47. The topological polar surface area (TPSA) is 95.2 Å². The lowest BCUT2D eigenvalue weighted by molar-refractivity contribution is -0.143. The number of nitrogens with one attached hydrogen (secondary N) is 2. The van der Waals surface area contributed by atoms with E-state index in [1.807, 2.05) is 12.2 Å². The van der Waals surface area contributed by atoms with Crippen molar-refractivity contribution >= 4 is 34.4 Å². The average molecular weight is 430 g/mol. The fourth-order valence-corrected chi connectivity index (χ4v) is 5.32. The molecule has 1 saturated carbocycles. The van der Waals surface area contributed by atoms with Gasteiger partial charge in [0.15, 0.2) is 0 Å². The number of aromatic amines is 1. The van der Waals surface area contributed by atoms with Gasteiger partial charge < -0.3 is 10.3 Å². The highest BCUT2D eigenvalue weighted by atomic mass is 19.1. The summed E-state index contributed by atoms with van der Waals surface area (Å²) in [6, 6.07) is 11.3. The van der Waals surface area contributed by atoms with Crippen LogP contribution < -0.4 is 5.32 Å². The van der Waals surface area contributed by atoms with Crippen molar-refractivity contribution in [3.05, 3.63) is 60.4 Å². The molecule has 1 aliphatic heterocycles. The van der Waals surface area contributed by atoms with Crippen molar-refractivity contribution in [1.82, 2.24) is 14.9 Å². The Balaban J connectivity index is 1.18. The molecule has 6 rings (SSSR count). The fraction of sp³-hybridized carbons (Fsp3) is 0.250. The lowest BCUT2D eigenvalue weighted by atomic mass is 9.85. The predicted octanol–water partition coefficient (Wildman–Crippen LogP) is 3.11. The summed E-state index contributed by atoms with van der Waals surface area (Å²) in [6.07, 6.45) is 4.91. The van der Waals surface area contributed by atoms with Crippen LogP contribution in [0.1, 0.15) is 6.42 Å². The van der Waals surface area contributed by atoms with Crippen LogP contribution in [0.2, 0.25) is 0 Å². The van der Waals surface area contributed by atoms with Crippen LogP contribution in [0.4, 0.5) is 10.1 Å². The maximum atomic E-state index is 13.5. The second-order valence-corrected chi connectivity index (χ2v) is 8.64. The molecule has 32 heavy (non-hydrogen) atoms. The number of fused-ring (bicyclic) bond motifs is 6. The van der Waals surface area contributed by atoms with Gasteiger partial charge in [0.05, 0.1) is 22.9 Å². The SMILES string of the molecule is O=C(CN1C(=O)C2C3C=CC(C3)C2C1=O)Nc1ccc2nc(-c3cccc(F)c3)[nH]c2c1. The van der Waals surface area contributed by atoms with Crippen molar-refractivity contribution in [2.24, 2.45) is 23.7 Å². The van der Waals surface area contributed by atoms with Crippen LogP contribution in [0.3, 0.4) is 0 Å². The van der Waals surface area contributed by atoms with Crippen LogP contribution in [0.25, 0.3) is 22.4 Å². The van der Waals surface area contributed by atoms with Gasteiger partial charge >= 0.3 is 0 Å². The summed E-state index contributed by atoms with van der Waals surface area (Å²) >= 11 is 0. The molecular formula is C24H19FN4O3. The molecular weight excluding hydrogens is 411 g/mol. The van der Waals surface area contributed by atoms with Gasteiger partial charge in [-0.05, 0) is 48.6 Å². The zero-order chi connectivity index (χ0) is 22.0. The van der Waals surface area contributed by atoms with Gasteiger partial charge in [-0.2, -0.15) is 0 Å². The zero-order valence-corrected chi connectivity index (χ0v) is 16.9. The van der Waals surface area contributed by atoms with Crippen molar-refractivity contribution in [3.63, 3.8) is 0 Å². The number of likely N-dealkylation sites (tertiary alicyclic amines) is 1. The molecule has 3 aromatic rings. The first kappa shape index (κ1) is 18.9. The average Bonchev–Trinajstić information content (AvgIpc) is 3.53. The van der Waals surface area contributed by atoms with E-state index in [9.17, 15) is 18.8 Å². The summed E-state index contributed by atoms with van der Waals surface area (Å²) in [5, 5.41) is 2.76. The lowest BCUT2D eigenvalue weighted by Gasteiger charge is -2.16. The number of anilines is 1. The number of hydrogen-bond acceptors (Lipinski definition) is 4. The minimum atomic E-state index is -0.434. The number of amides is 3. The van der Waals surface area contributed by atoms with Crippen LogP contribution in [0.5, 0.6) is 0 Å². The second kappa shape index (κ2) is 6.85. The molecule has 160 valence electrons. The number of halogens is 1. The van der Waals surface area contributed by atoms with Crippen molar-refractivity contribution < 1.29 is 18.8 Å². The van der Waals surface area contributed by atoms with Gasteiger partial charge in [0.1, 0.15) is 18.2 Å². The highest BCUT2D eigenvalue weighted by Crippen LogP contribution is 2.52. The van der Waals surface area contributed by atoms with E-state index in [1.54, 1.807) is 30.3 Å². The first-order chi connectivity index (χ1) is 15.5. The molecule has 3 aliphatic rings. The number of H-pyrrole nitrogens is 1. The Morgan fingerprint density at radius 2 is 1.84 bits per heavy atom. The number of allylic oxidation sites excluding steroid dienone is 2. The summed E-state index contributed by atoms with van der Waals surface area (Å²) in [7, 11) is 0. The maximum Gasteiger partial charge on any atom is 0.244 e. The van der Waals surface area contributed by atoms with E-state index in [1.165, 1.54) is 12.1 Å². The van der Waals surface area contributed by atoms with Crippen LogP contribution >= 0.6 is 0 Å². The minimum Gasteiger partial charge on any atom is -0.338 e. The molecule has 0 radical (unpaired) electrons. The smallest absolute Gasteiger partial charge is 0.244 e. The number of benzene rings is 2. The van der Waals surface area contributed by atoms with Gasteiger partial charge in [0.2, 0.25) is 17.7 Å². The van der Waals surface area contributed by atoms with Crippen molar-refractivity contribution in [2.45, 2.75) is 6.42 Å². The Hall–Kier alpha value is -3.81. The molecule has 0 spiro atoms. The first-order valence-corrected chi connectivity index (χ1v) is 10.6. The summed E-state index contributed by atoms with van der Waals surface area (Å²) in [5.74, 6) is -1.14. The fourth-order valence-electron chi connectivity index (χ4n) is 5.32. The molecule has 8 heteroatoms. The molecule has 2 aromatic carbocycles. The van der Waals surface area contributed by atoms with Crippen LogP contribution in [-0.2, 0) is 14.4 Å². The number of imidazole rings is 1. The van der Waals surface area contributed by atoms with E-state index in [4.69, 9.17) is 0 Å². The largest absolute Gasteiger partial charge is 0.338 e. The van der Waals surface area contributed by atoms with Gasteiger partial charge in [-0.15, -0.1) is 0 Å². The Kier molecular flexibility index (Phi) is 4.05. The van der Waals surface area contributed by atoms with Crippen LogP contribution in [0.15, 0.2) is 54.6 Å². The van der Waals surface area contributed by atoms with E-state index < -0.39 is 5.91 Å². The van der Waals surface area contributed by atoms with Gasteiger partial charge in [-0.25, -0.2) is 9.37 Å². The second-order valence-electron chi connectivity index (χ2n) is 8.64. The molecule has 2 aliphatic carbocycles. The van der Waals surface area contributed by atoms with Gasteiger partial charge in [-0.3, -0.25) is 19.3 Å². The van der Waals surface area contributed by atoms with E-state index in [0.29, 0.717) is 28.1 Å². The normalized spacial score (nSPS) is 25.7. The highest BCUT2D eigenvalue weighted by molar-refractivity contribution is 6.09. The number of aromatic nitrogens is 2. The molecule has 1 aromatic heterocycles. The number of rotatable bonds is 4. The number of carbonyl (C=O) groups is 3. The molecule has 2 fully saturated rings. The summed E-state index contributed by atoms with van der Waals surface area (Å²) in [4.78, 5) is 46.8. The molecule has 2 bridgehead atoms. The minimum absolute atomic E-state index is 0.115. The number of hydrogen-bond donors (Lipinski definition) is 2. The summed E-state index contributed by atoms with van der Waals surface area (Å²) < 4.78 is 13.5. The molecule has 1 saturated heterocycles. The van der Waals surface area contributed by atoms with E-state index in [0.717, 1.165) is 11.3 Å². The lowest BCUT2D eigenvalue weighted by Crippen LogP contribution is -2.39. The number of carbonyl (C=O) groups excluding carboxylic acids is 3. The van der Waals surface area contributed by atoms with Gasteiger partial charge in [-0.1, -0.05) is 24.3 Å². The standard InChI is InChI=1S/C24H19FN4O3/c25-15-3-1-2-14(9-15)22-27-17-7-6-16(10-18(17)28-22)26-19(30)11-29-23(31)20-12-4-5-13(8-12)21(20)24(29)32/h1-7,9-10,12-13,20-21H,8,11H2,(H,26,30)(H,27,28). The van der Waals surface area contributed by atoms with E-state index >= 15 is 0 Å². The molecule has 3 amide bonds. The third kappa shape index (κ3) is 2.86. The van der Waals surface area contributed by atoms with E-state index in [2.05, 4.69) is 15.3 Å². The maximum absolute atomic E-state index is 13.5. The monoisotopic (exact) mass is 430 g/mol. The Labute approximate surface area is 182 Å². The van der Waals surface area contributed by atoms with Crippen molar-refractivity contribution in [3.8, 4) is 11.4 Å². The van der Waals surface area contributed by atoms with Crippen LogP contribution in [-0.4, -0.2) is 39.1 Å². The Bertz CT molecular complexity index is 1300. The third-order valence-electron chi connectivity index (χ3n) is 6.73. The third-order valence-corrected chi connectivity index (χ3v) is 6.73. The van der Waals surface area contributed by atoms with Crippen molar-refractivity contribution in [1.29, 1.82) is 0 Å². The molecule has 2 N–H and O–H groups in total. The quantitative estimate of drug-likeness (QED) is 0.491. The molecule has 4 atom stereocenters. The zero-order valence-electron chi connectivity index (χ0n) is 16.9. The molecule has 7 nitrogen and oxygen atoms in total. The Morgan fingerprint density at radius 3 is 2.56 bits per heavy atom. The number of nitrogens with zero attached hydrogens (tertiary/aromatic N) is 2. The first-order valence-electron chi connectivity index (χ1n) is 10.6. The van der Waals surface area contributed by atoms with Gasteiger partial charge in [0, 0.05) is 11.3 Å².